The highest BCUT2D eigenvalue weighted by atomic mass is 79.9. The fourth-order valence-electron chi connectivity index (χ4n) is 1.59. The first-order chi connectivity index (χ1) is 7.52. The van der Waals surface area contributed by atoms with E-state index in [9.17, 15) is 9.18 Å². The molecule has 1 nitrogen and oxygen atoms in total. The fraction of sp³-hybridized carbons (Fsp3) is 0.417. The Morgan fingerprint density at radius 1 is 1.50 bits per heavy atom. The molecule has 16 heavy (non-hydrogen) atoms. The average molecular weight is 308 g/mol. The van der Waals surface area contributed by atoms with Crippen molar-refractivity contribution in [2.45, 2.75) is 19.8 Å². The van der Waals surface area contributed by atoms with Crippen molar-refractivity contribution < 1.29 is 9.18 Å². The van der Waals surface area contributed by atoms with Gasteiger partial charge in [0.2, 0.25) is 0 Å². The third-order valence-electron chi connectivity index (χ3n) is 2.44. The molecule has 4 heteroatoms. The molecule has 0 aliphatic heterocycles. The summed E-state index contributed by atoms with van der Waals surface area (Å²) >= 11 is 8.86. The van der Waals surface area contributed by atoms with E-state index in [0.29, 0.717) is 23.2 Å². The van der Waals surface area contributed by atoms with E-state index in [-0.39, 0.29) is 17.5 Å². The van der Waals surface area contributed by atoms with Crippen molar-refractivity contribution in [3.8, 4) is 0 Å². The summed E-state index contributed by atoms with van der Waals surface area (Å²) in [5.74, 6) is 0.130. The molecule has 0 fully saturated rings. The largest absolute Gasteiger partial charge is 0.300 e. The summed E-state index contributed by atoms with van der Waals surface area (Å²) in [4.78, 5) is 11.3. The van der Waals surface area contributed by atoms with Gasteiger partial charge in [-0.3, -0.25) is 4.79 Å². The summed E-state index contributed by atoms with van der Waals surface area (Å²) in [5, 5.41) is 0. The third-order valence-corrected chi connectivity index (χ3v) is 3.11. The van der Waals surface area contributed by atoms with E-state index in [1.165, 1.54) is 12.1 Å². The Bertz CT molecular complexity index is 361. The van der Waals surface area contributed by atoms with Crippen molar-refractivity contribution in [2.24, 2.45) is 5.92 Å². The van der Waals surface area contributed by atoms with Gasteiger partial charge in [-0.15, -0.1) is 11.6 Å². The van der Waals surface area contributed by atoms with Crippen molar-refractivity contribution in [3.63, 3.8) is 0 Å². The molecule has 0 bridgehead atoms. The third kappa shape index (κ3) is 4.22. The van der Waals surface area contributed by atoms with Crippen LogP contribution in [0.2, 0.25) is 0 Å². The molecule has 1 aromatic rings. The molecule has 1 atom stereocenters. The smallest absolute Gasteiger partial charge is 0.133 e. The number of carbonyl (C=O) groups is 1. The minimum atomic E-state index is -0.294. The maximum absolute atomic E-state index is 13.1. The highest BCUT2D eigenvalue weighted by Gasteiger charge is 2.14. The monoisotopic (exact) mass is 306 g/mol. The van der Waals surface area contributed by atoms with Gasteiger partial charge in [0.1, 0.15) is 11.6 Å². The molecule has 0 spiro atoms. The summed E-state index contributed by atoms with van der Waals surface area (Å²) in [6, 6.07) is 4.68. The number of rotatable bonds is 5. The van der Waals surface area contributed by atoms with Crippen molar-refractivity contribution in [1.29, 1.82) is 0 Å². The van der Waals surface area contributed by atoms with E-state index in [2.05, 4.69) is 15.9 Å². The van der Waals surface area contributed by atoms with Gasteiger partial charge < -0.3 is 0 Å². The first kappa shape index (κ1) is 13.7. The van der Waals surface area contributed by atoms with E-state index < -0.39 is 0 Å². The molecule has 0 aliphatic rings. The Hall–Kier alpha value is -0.410. The average Bonchev–Trinajstić information content (AvgIpc) is 2.15. The summed E-state index contributed by atoms with van der Waals surface area (Å²) in [5.41, 5.74) is 0.817. The topological polar surface area (TPSA) is 17.1 Å². The van der Waals surface area contributed by atoms with Crippen molar-refractivity contribution >= 4 is 33.3 Å². The zero-order valence-corrected chi connectivity index (χ0v) is 11.3. The first-order valence-corrected chi connectivity index (χ1v) is 6.37. The van der Waals surface area contributed by atoms with Crippen LogP contribution in [-0.4, -0.2) is 11.7 Å². The maximum Gasteiger partial charge on any atom is 0.133 e. The summed E-state index contributed by atoms with van der Waals surface area (Å²) in [6.45, 7) is 1.55. The molecule has 0 amide bonds. The second kappa shape index (κ2) is 6.36. The van der Waals surface area contributed by atoms with E-state index in [1.54, 1.807) is 6.92 Å². The van der Waals surface area contributed by atoms with Gasteiger partial charge in [0.15, 0.2) is 0 Å². The van der Waals surface area contributed by atoms with Crippen molar-refractivity contribution in [3.05, 3.63) is 34.1 Å². The van der Waals surface area contributed by atoms with Gasteiger partial charge in [0.25, 0.3) is 0 Å². The highest BCUT2D eigenvalue weighted by Crippen LogP contribution is 2.19. The van der Waals surface area contributed by atoms with Crippen LogP contribution in [0.5, 0.6) is 0 Å². The van der Waals surface area contributed by atoms with Crippen LogP contribution in [0.15, 0.2) is 22.7 Å². The Balaban J connectivity index is 2.80. The van der Waals surface area contributed by atoms with Crippen LogP contribution in [0.25, 0.3) is 0 Å². The summed E-state index contributed by atoms with van der Waals surface area (Å²) < 4.78 is 13.8. The van der Waals surface area contributed by atoms with Gasteiger partial charge in [-0.25, -0.2) is 4.39 Å². The molecule has 0 saturated heterocycles. The van der Waals surface area contributed by atoms with Crippen LogP contribution in [0.3, 0.4) is 0 Å². The molecule has 0 radical (unpaired) electrons. The minimum Gasteiger partial charge on any atom is -0.300 e. The number of alkyl halides is 1. The van der Waals surface area contributed by atoms with E-state index in [0.717, 1.165) is 5.56 Å². The second-order valence-electron chi connectivity index (χ2n) is 3.77. The van der Waals surface area contributed by atoms with Gasteiger partial charge in [-0.2, -0.15) is 0 Å². The predicted octanol–water partition coefficient (Wildman–Crippen LogP) is 3.96. The van der Waals surface area contributed by atoms with Crippen LogP contribution >= 0.6 is 27.5 Å². The number of hydrogen-bond acceptors (Lipinski definition) is 1. The Kier molecular flexibility index (Phi) is 5.42. The van der Waals surface area contributed by atoms with Crippen LogP contribution in [0.1, 0.15) is 18.9 Å². The molecule has 1 aromatic carbocycles. The van der Waals surface area contributed by atoms with E-state index in [4.69, 9.17) is 11.6 Å². The molecule has 0 aliphatic carbocycles. The number of halogens is 3. The second-order valence-corrected chi connectivity index (χ2v) is 5.06. The standard InChI is InChI=1S/C12H13BrClFO/c1-8(16)10(2-3-14)4-9-5-11(13)7-12(15)6-9/h5-7,10H,2-4H2,1H3. The predicted molar refractivity (Wildman–Crippen MR) is 67.3 cm³/mol. The molecule has 0 heterocycles. The molecule has 0 saturated carbocycles. The number of carbonyl (C=O) groups excluding carboxylic acids is 1. The lowest BCUT2D eigenvalue weighted by atomic mass is 9.93. The number of hydrogen-bond donors (Lipinski definition) is 0. The number of benzene rings is 1. The normalized spacial score (nSPS) is 12.5. The molecule has 1 rings (SSSR count). The van der Waals surface area contributed by atoms with Crippen LogP contribution in [0.4, 0.5) is 4.39 Å². The van der Waals surface area contributed by atoms with Gasteiger partial charge in [0, 0.05) is 16.3 Å². The zero-order chi connectivity index (χ0) is 12.1. The molecule has 0 aromatic heterocycles. The minimum absolute atomic E-state index is 0.0982. The SMILES string of the molecule is CC(=O)C(CCCl)Cc1cc(F)cc(Br)c1. The van der Waals surface area contributed by atoms with Gasteiger partial charge in [-0.05, 0) is 43.5 Å². The Morgan fingerprint density at radius 2 is 2.19 bits per heavy atom. The number of ketones is 1. The molecule has 1 unspecified atom stereocenters. The fourth-order valence-corrected chi connectivity index (χ4v) is 2.37. The summed E-state index contributed by atoms with van der Waals surface area (Å²) in [7, 11) is 0. The van der Waals surface area contributed by atoms with Gasteiger partial charge in [-0.1, -0.05) is 15.9 Å². The quantitative estimate of drug-likeness (QED) is 0.752. The Morgan fingerprint density at radius 3 is 2.69 bits per heavy atom. The van der Waals surface area contributed by atoms with Crippen LogP contribution < -0.4 is 0 Å². The zero-order valence-electron chi connectivity index (χ0n) is 8.97. The lowest BCUT2D eigenvalue weighted by Crippen LogP contribution is -2.14. The lowest BCUT2D eigenvalue weighted by molar-refractivity contribution is -0.120. The molecule has 88 valence electrons. The van der Waals surface area contributed by atoms with Crippen molar-refractivity contribution in [2.75, 3.05) is 5.88 Å². The molecule has 0 N–H and O–H groups in total. The molecular weight excluding hydrogens is 294 g/mol. The van der Waals surface area contributed by atoms with Crippen molar-refractivity contribution in [1.82, 2.24) is 0 Å². The number of Topliss-reactive ketones (excluding diaryl/α,β-unsaturated/α-hetero) is 1. The first-order valence-electron chi connectivity index (χ1n) is 5.04. The van der Waals surface area contributed by atoms with E-state index in [1.807, 2.05) is 6.07 Å². The summed E-state index contributed by atoms with van der Waals surface area (Å²) in [6.07, 6.45) is 1.17. The van der Waals surface area contributed by atoms with Gasteiger partial charge >= 0.3 is 0 Å². The van der Waals surface area contributed by atoms with Crippen LogP contribution in [0, 0.1) is 11.7 Å². The Labute approximate surface area is 108 Å². The maximum atomic E-state index is 13.1. The van der Waals surface area contributed by atoms with E-state index >= 15 is 0 Å². The molecular formula is C12H13BrClFO. The highest BCUT2D eigenvalue weighted by molar-refractivity contribution is 9.10. The lowest BCUT2D eigenvalue weighted by Gasteiger charge is -2.12. The van der Waals surface area contributed by atoms with Crippen LogP contribution in [-0.2, 0) is 11.2 Å². The van der Waals surface area contributed by atoms with Gasteiger partial charge in [0.05, 0.1) is 0 Å².